The number of hydrogen-bond donors (Lipinski definition) is 0. The van der Waals surface area contributed by atoms with Crippen LogP contribution >= 0.6 is 0 Å². The van der Waals surface area contributed by atoms with Gasteiger partial charge in [-0.05, 0) is 6.08 Å². The molecule has 0 rings (SSSR count). The first-order valence-corrected chi connectivity index (χ1v) is 2.47. The van der Waals surface area contributed by atoms with Gasteiger partial charge in [-0.1, -0.05) is 6.58 Å². The molecule has 0 aromatic rings. The van der Waals surface area contributed by atoms with Gasteiger partial charge in [0.1, 0.15) is 5.97 Å². The van der Waals surface area contributed by atoms with Crippen molar-refractivity contribution in [1.82, 2.24) is 0 Å². The molecule has 0 aliphatic heterocycles. The van der Waals surface area contributed by atoms with Crippen LogP contribution in [-0.4, -0.2) is 17.7 Å². The zero-order chi connectivity index (χ0) is 9.44. The Balaban J connectivity index is -0.000000126. The second kappa shape index (κ2) is 9.87. The maximum Gasteiger partial charge on any atom is 1.00 e. The van der Waals surface area contributed by atoms with Crippen molar-refractivity contribution < 1.29 is 41.7 Å². The molecule has 0 aliphatic rings. The first-order valence-electron chi connectivity index (χ1n) is 2.47. The van der Waals surface area contributed by atoms with Gasteiger partial charge in [0.05, 0.1) is 5.97 Å². The number of carboxylic acids is 2. The van der Waals surface area contributed by atoms with E-state index in [2.05, 4.69) is 6.58 Å². The average Bonchev–Trinajstić information content (AvgIpc) is 1.89. The third-order valence-corrected chi connectivity index (χ3v) is 0.454. The first kappa shape index (κ1) is 17.1. The largest absolute Gasteiger partial charge is 1.00 e. The van der Waals surface area contributed by atoms with Crippen LogP contribution in [0.25, 0.3) is 0 Å². The van der Waals surface area contributed by atoms with Gasteiger partial charge < -0.3 is 19.8 Å². The molecule has 0 amide bonds. The fraction of sp³-hybridized carbons (Fsp3) is 0.167. The maximum absolute atomic E-state index is 9.48. The van der Waals surface area contributed by atoms with Crippen LogP contribution < -0.4 is 10.2 Å². The van der Waals surface area contributed by atoms with E-state index in [4.69, 9.17) is 9.90 Å². The number of ketones is 1. The summed E-state index contributed by atoms with van der Waals surface area (Å²) in [6.07, 6.45) is 0.722. The summed E-state index contributed by atoms with van der Waals surface area (Å²) in [6, 6.07) is 0. The molecule has 5 nitrogen and oxygen atoms in total. The van der Waals surface area contributed by atoms with Gasteiger partial charge in [0.15, 0.2) is 5.78 Å². The maximum atomic E-state index is 9.48. The molecule has 0 atom stereocenters. The molecule has 0 spiro atoms. The summed E-state index contributed by atoms with van der Waals surface area (Å²) in [5.41, 5.74) is 0. The summed E-state index contributed by atoms with van der Waals surface area (Å²) in [5.74, 6) is -3.80. The molecule has 72 valence electrons. The third-order valence-electron chi connectivity index (χ3n) is 0.454. The van der Waals surface area contributed by atoms with E-state index in [1.807, 2.05) is 0 Å². The number of carboxylic acid groups (broad SMARTS) is 2. The van der Waals surface area contributed by atoms with Crippen LogP contribution in [0.4, 0.5) is 0 Å². The van der Waals surface area contributed by atoms with Crippen LogP contribution in [0.1, 0.15) is 6.92 Å². The Morgan fingerprint density at radius 2 is 1.42 bits per heavy atom. The molecule has 0 aliphatic carbocycles. The van der Waals surface area contributed by atoms with Crippen LogP contribution in [0.15, 0.2) is 12.7 Å². The predicted molar refractivity (Wildman–Crippen MR) is 30.9 cm³/mol. The molecule has 12 heavy (non-hydrogen) atoms. The van der Waals surface area contributed by atoms with Crippen molar-refractivity contribution in [2.24, 2.45) is 0 Å². The molecule has 0 bridgehead atoms. The molecule has 6 heteroatoms. The van der Waals surface area contributed by atoms with Crippen molar-refractivity contribution in [2.45, 2.75) is 6.92 Å². The van der Waals surface area contributed by atoms with Gasteiger partial charge in [-0.15, -0.1) is 0 Å². The Bertz CT molecular complexity index is 174. The number of rotatable bonds is 2. The number of Topliss-reactive ketones (excluding diaryl/α,β-unsaturated/α-hetero) is 1. The minimum absolute atomic E-state index is 0. The number of hydrogen-bond acceptors (Lipinski definition) is 5. The van der Waals surface area contributed by atoms with Crippen LogP contribution in [-0.2, 0) is 31.5 Å². The summed E-state index contributed by atoms with van der Waals surface area (Å²) in [4.78, 5) is 27.9. The van der Waals surface area contributed by atoms with Crippen molar-refractivity contribution in [1.29, 1.82) is 0 Å². The Kier molecular flexibility index (Phi) is 14.1. The van der Waals surface area contributed by atoms with Gasteiger partial charge in [0, 0.05) is 6.92 Å². The van der Waals surface area contributed by atoms with E-state index >= 15 is 0 Å². The van der Waals surface area contributed by atoms with E-state index in [1.54, 1.807) is 0 Å². The number of carbonyl (C=O) groups is 3. The van der Waals surface area contributed by atoms with Gasteiger partial charge >= 0.3 is 17.1 Å². The molecule has 0 radical (unpaired) electrons. The van der Waals surface area contributed by atoms with Crippen molar-refractivity contribution in [3.63, 3.8) is 0 Å². The molecule has 0 N–H and O–H groups in total. The summed E-state index contributed by atoms with van der Waals surface area (Å²) in [7, 11) is 0. The number of carbonyl (C=O) groups excluding carboxylic acids is 3. The smallest absolute Gasteiger partial charge is 0.545 e. The molecule has 0 fully saturated rings. The Morgan fingerprint density at radius 1 is 1.25 bits per heavy atom. The Labute approximate surface area is 79.5 Å². The zero-order valence-corrected chi connectivity index (χ0v) is 7.07. The van der Waals surface area contributed by atoms with Crippen molar-refractivity contribution >= 4 is 17.7 Å². The molecule has 0 saturated carbocycles. The molecule has 0 unspecified atom stereocenters. The SMILES string of the molecule is C=CC(=O)[O-].CC(=O)C(=O)[O-].[Cu+]. The van der Waals surface area contributed by atoms with E-state index in [1.165, 1.54) is 0 Å². The summed E-state index contributed by atoms with van der Waals surface area (Å²) in [6.45, 7) is 3.84. The minimum atomic E-state index is -1.63. The van der Waals surface area contributed by atoms with Crippen LogP contribution in [0.3, 0.4) is 0 Å². The molecule has 0 aromatic carbocycles. The van der Waals surface area contributed by atoms with Gasteiger partial charge in [-0.25, -0.2) is 0 Å². The minimum Gasteiger partial charge on any atom is -0.545 e. The van der Waals surface area contributed by atoms with Gasteiger partial charge in [-0.2, -0.15) is 0 Å². The fourth-order valence-corrected chi connectivity index (χ4v) is 0. The van der Waals surface area contributed by atoms with Crippen LogP contribution in [0.2, 0.25) is 0 Å². The Hall–Kier alpha value is -1.13. The van der Waals surface area contributed by atoms with Crippen molar-refractivity contribution in [3.05, 3.63) is 12.7 Å². The monoisotopic (exact) mass is 221 g/mol. The van der Waals surface area contributed by atoms with Crippen molar-refractivity contribution in [3.8, 4) is 0 Å². The fourth-order valence-electron chi connectivity index (χ4n) is 0. The second-order valence-electron chi connectivity index (χ2n) is 1.37. The normalized spacial score (nSPS) is 6.42. The van der Waals surface area contributed by atoms with Crippen molar-refractivity contribution in [2.75, 3.05) is 0 Å². The zero-order valence-electron chi connectivity index (χ0n) is 6.13. The van der Waals surface area contributed by atoms with Gasteiger partial charge in [0.25, 0.3) is 0 Å². The molecular weight excluding hydrogens is 216 g/mol. The van der Waals surface area contributed by atoms with Crippen LogP contribution in [0, 0.1) is 0 Å². The summed E-state index contributed by atoms with van der Waals surface area (Å²) in [5, 5.41) is 18.4. The van der Waals surface area contributed by atoms with Gasteiger partial charge in [-0.3, -0.25) is 4.79 Å². The molecule has 0 heterocycles. The summed E-state index contributed by atoms with van der Waals surface area (Å²) >= 11 is 0. The molecular formula is C6H6CuO5-. The Morgan fingerprint density at radius 3 is 1.42 bits per heavy atom. The molecule has 0 aromatic heterocycles. The quantitative estimate of drug-likeness (QED) is 0.286. The standard InChI is InChI=1S/C3H4O3.C3H4O2.Cu/c1-2(4)3(5)6;1-2-3(4)5;/h1H3,(H,5,6);2H,1H2,(H,4,5);/q;;+1/p-2. The van der Waals surface area contributed by atoms with Crippen LogP contribution in [0.5, 0.6) is 0 Å². The first-order chi connectivity index (χ1) is 4.91. The molecule has 0 saturated heterocycles. The summed E-state index contributed by atoms with van der Waals surface area (Å²) < 4.78 is 0. The second-order valence-corrected chi connectivity index (χ2v) is 1.37. The topological polar surface area (TPSA) is 97.3 Å². The van der Waals surface area contributed by atoms with E-state index in [0.717, 1.165) is 13.0 Å². The van der Waals surface area contributed by atoms with E-state index in [9.17, 15) is 14.7 Å². The van der Waals surface area contributed by atoms with E-state index in [0.29, 0.717) is 0 Å². The average molecular weight is 222 g/mol. The number of aliphatic carboxylic acids is 2. The van der Waals surface area contributed by atoms with Gasteiger partial charge in [0.2, 0.25) is 0 Å². The predicted octanol–water partition coefficient (Wildman–Crippen LogP) is -2.75. The van der Waals surface area contributed by atoms with E-state index in [-0.39, 0.29) is 17.1 Å². The third kappa shape index (κ3) is 23.2. The van der Waals surface area contributed by atoms with E-state index < -0.39 is 17.7 Å².